The van der Waals surface area contributed by atoms with E-state index in [4.69, 9.17) is 4.74 Å². The molecule has 1 saturated heterocycles. The second-order valence-corrected chi connectivity index (χ2v) is 8.08. The van der Waals surface area contributed by atoms with E-state index in [2.05, 4.69) is 14.9 Å². The number of aromatic nitrogens is 2. The van der Waals surface area contributed by atoms with Crippen molar-refractivity contribution in [1.29, 1.82) is 0 Å². The summed E-state index contributed by atoms with van der Waals surface area (Å²) in [6, 6.07) is 7.95. The Bertz CT molecular complexity index is 971. The van der Waals surface area contributed by atoms with Gasteiger partial charge in [-0.25, -0.2) is 8.42 Å². The molecule has 10 heteroatoms. The maximum atomic E-state index is 12.6. The van der Waals surface area contributed by atoms with Crippen LogP contribution < -0.4 is 14.5 Å². The molecule has 0 saturated carbocycles. The topological polar surface area (TPSA) is 105 Å². The van der Waals surface area contributed by atoms with Crippen molar-refractivity contribution in [2.24, 2.45) is 0 Å². The first-order valence-corrected chi connectivity index (χ1v) is 10.0. The Kier molecular flexibility index (Phi) is 4.44. The van der Waals surface area contributed by atoms with Crippen LogP contribution in [0.15, 0.2) is 35.2 Å². The van der Waals surface area contributed by atoms with Crippen LogP contribution in [0.4, 0.5) is 17.3 Å². The third-order valence-corrected chi connectivity index (χ3v) is 6.02. The van der Waals surface area contributed by atoms with Gasteiger partial charge in [0.15, 0.2) is 11.6 Å². The van der Waals surface area contributed by atoms with E-state index in [1.165, 1.54) is 17.0 Å². The van der Waals surface area contributed by atoms with Crippen LogP contribution in [0.5, 0.6) is 0 Å². The van der Waals surface area contributed by atoms with E-state index < -0.39 is 10.0 Å². The predicted octanol–water partition coefficient (Wildman–Crippen LogP) is 0.633. The van der Waals surface area contributed by atoms with Gasteiger partial charge in [-0.05, 0) is 35.9 Å². The van der Waals surface area contributed by atoms with Gasteiger partial charge in [-0.2, -0.15) is 0 Å². The van der Waals surface area contributed by atoms with Gasteiger partial charge in [0.1, 0.15) is 0 Å². The molecule has 1 amide bonds. The minimum Gasteiger partial charge on any atom is -0.378 e. The molecular formula is C17H19N5O4S. The Labute approximate surface area is 157 Å². The van der Waals surface area contributed by atoms with Gasteiger partial charge in [0.25, 0.3) is 10.0 Å². The van der Waals surface area contributed by atoms with Crippen molar-refractivity contribution >= 4 is 33.3 Å². The van der Waals surface area contributed by atoms with Crippen LogP contribution in [0, 0.1) is 0 Å². The van der Waals surface area contributed by atoms with Crippen LogP contribution in [0.1, 0.15) is 5.56 Å². The molecule has 0 aliphatic carbocycles. The average molecular weight is 389 g/mol. The monoisotopic (exact) mass is 389 g/mol. The van der Waals surface area contributed by atoms with Crippen molar-refractivity contribution in [3.05, 3.63) is 35.9 Å². The Morgan fingerprint density at radius 1 is 1.11 bits per heavy atom. The molecule has 142 valence electrons. The SMILES string of the molecule is CN1C(=O)Cc2cc(S(=O)(=O)Nc3ccc(N4CCOCC4)nn3)ccc21. The summed E-state index contributed by atoms with van der Waals surface area (Å²) in [5.41, 5.74) is 1.42. The minimum absolute atomic E-state index is 0.0583. The number of nitrogens with zero attached hydrogens (tertiary/aromatic N) is 4. The zero-order valence-corrected chi connectivity index (χ0v) is 15.6. The van der Waals surface area contributed by atoms with Crippen LogP contribution in [0.2, 0.25) is 0 Å². The molecular weight excluding hydrogens is 370 g/mol. The molecule has 27 heavy (non-hydrogen) atoms. The van der Waals surface area contributed by atoms with E-state index in [1.807, 2.05) is 4.90 Å². The van der Waals surface area contributed by atoms with E-state index in [0.29, 0.717) is 24.6 Å². The quantitative estimate of drug-likeness (QED) is 0.818. The highest BCUT2D eigenvalue weighted by molar-refractivity contribution is 7.92. The summed E-state index contributed by atoms with van der Waals surface area (Å²) in [4.78, 5) is 15.4. The predicted molar refractivity (Wildman–Crippen MR) is 99.4 cm³/mol. The van der Waals surface area contributed by atoms with Gasteiger partial charge >= 0.3 is 0 Å². The Balaban J connectivity index is 1.52. The first kappa shape index (κ1) is 17.7. The van der Waals surface area contributed by atoms with E-state index in [1.54, 1.807) is 25.2 Å². The van der Waals surface area contributed by atoms with Crippen LogP contribution >= 0.6 is 0 Å². The smallest absolute Gasteiger partial charge is 0.263 e. The maximum Gasteiger partial charge on any atom is 0.263 e. The second-order valence-electron chi connectivity index (χ2n) is 6.40. The highest BCUT2D eigenvalue weighted by atomic mass is 32.2. The fraction of sp³-hybridized carbons (Fsp3) is 0.353. The number of hydrogen-bond donors (Lipinski definition) is 1. The Morgan fingerprint density at radius 3 is 2.59 bits per heavy atom. The second kappa shape index (κ2) is 6.78. The lowest BCUT2D eigenvalue weighted by atomic mass is 10.2. The van der Waals surface area contributed by atoms with Gasteiger partial charge in [-0.3, -0.25) is 9.52 Å². The maximum absolute atomic E-state index is 12.6. The van der Waals surface area contributed by atoms with Gasteiger partial charge in [0.2, 0.25) is 5.91 Å². The number of rotatable bonds is 4. The zero-order valence-electron chi connectivity index (χ0n) is 14.8. The van der Waals surface area contributed by atoms with Crippen LogP contribution in [0.25, 0.3) is 0 Å². The molecule has 0 spiro atoms. The zero-order chi connectivity index (χ0) is 19.0. The standard InChI is InChI=1S/C17H19N5O4S/c1-21-14-3-2-13(10-12(14)11-17(21)23)27(24,25)20-15-4-5-16(19-18-15)22-6-8-26-9-7-22/h2-5,10H,6-9,11H2,1H3,(H,18,20). The third kappa shape index (κ3) is 3.45. The normalized spacial score (nSPS) is 17.1. The molecule has 0 bridgehead atoms. The lowest BCUT2D eigenvalue weighted by molar-refractivity contribution is -0.117. The first-order chi connectivity index (χ1) is 12.9. The molecule has 3 heterocycles. The molecule has 1 fully saturated rings. The van der Waals surface area contributed by atoms with Crippen molar-refractivity contribution in [3.8, 4) is 0 Å². The number of morpholine rings is 1. The number of nitrogens with one attached hydrogen (secondary N) is 1. The van der Waals surface area contributed by atoms with Crippen molar-refractivity contribution < 1.29 is 17.9 Å². The number of benzene rings is 1. The van der Waals surface area contributed by atoms with Gasteiger partial charge < -0.3 is 14.5 Å². The average Bonchev–Trinajstić information content (AvgIpc) is 2.96. The number of anilines is 3. The summed E-state index contributed by atoms with van der Waals surface area (Å²) < 4.78 is 33.0. The largest absolute Gasteiger partial charge is 0.378 e. The summed E-state index contributed by atoms with van der Waals surface area (Å²) in [6.45, 7) is 2.71. The Morgan fingerprint density at radius 2 is 1.89 bits per heavy atom. The first-order valence-electron chi connectivity index (χ1n) is 8.53. The summed E-state index contributed by atoms with van der Waals surface area (Å²) in [7, 11) is -2.15. The molecule has 9 nitrogen and oxygen atoms in total. The van der Waals surface area contributed by atoms with Crippen LogP contribution in [-0.2, 0) is 26.0 Å². The number of carbonyl (C=O) groups is 1. The molecule has 2 aliphatic rings. The molecule has 2 aromatic rings. The number of sulfonamides is 1. The van der Waals surface area contributed by atoms with Gasteiger partial charge in [0, 0.05) is 25.8 Å². The summed E-state index contributed by atoms with van der Waals surface area (Å²) in [6.07, 6.45) is 0.198. The lowest BCUT2D eigenvalue weighted by Gasteiger charge is -2.27. The minimum atomic E-state index is -3.82. The van der Waals surface area contributed by atoms with Crippen molar-refractivity contribution in [3.63, 3.8) is 0 Å². The van der Waals surface area contributed by atoms with E-state index in [-0.39, 0.29) is 23.0 Å². The molecule has 0 atom stereocenters. The molecule has 0 radical (unpaired) electrons. The van der Waals surface area contributed by atoms with Crippen LogP contribution in [-0.4, -0.2) is 57.9 Å². The molecule has 1 N–H and O–H groups in total. The molecule has 4 rings (SSSR count). The number of hydrogen-bond acceptors (Lipinski definition) is 7. The number of amides is 1. The van der Waals surface area contributed by atoms with Crippen LogP contribution in [0.3, 0.4) is 0 Å². The van der Waals surface area contributed by atoms with Crippen molar-refractivity contribution in [1.82, 2.24) is 10.2 Å². The molecule has 2 aliphatic heterocycles. The van der Waals surface area contributed by atoms with Gasteiger partial charge in [-0.1, -0.05) is 0 Å². The van der Waals surface area contributed by atoms with Gasteiger partial charge in [-0.15, -0.1) is 10.2 Å². The van der Waals surface area contributed by atoms with Crippen molar-refractivity contribution in [2.45, 2.75) is 11.3 Å². The number of likely N-dealkylation sites (N-methyl/N-ethyl adjacent to an activating group) is 1. The highest BCUT2D eigenvalue weighted by Gasteiger charge is 2.26. The third-order valence-electron chi connectivity index (χ3n) is 4.66. The highest BCUT2D eigenvalue weighted by Crippen LogP contribution is 2.30. The van der Waals surface area contributed by atoms with E-state index >= 15 is 0 Å². The Hall–Kier alpha value is -2.72. The molecule has 0 unspecified atom stereocenters. The van der Waals surface area contributed by atoms with E-state index in [0.717, 1.165) is 18.8 Å². The summed E-state index contributed by atoms with van der Waals surface area (Å²) in [5, 5.41) is 8.08. The summed E-state index contributed by atoms with van der Waals surface area (Å²) in [5.74, 6) is 0.762. The van der Waals surface area contributed by atoms with E-state index in [9.17, 15) is 13.2 Å². The molecule has 1 aromatic heterocycles. The summed E-state index contributed by atoms with van der Waals surface area (Å²) >= 11 is 0. The number of carbonyl (C=O) groups excluding carboxylic acids is 1. The number of ether oxygens (including phenoxy) is 1. The van der Waals surface area contributed by atoms with Crippen molar-refractivity contribution in [2.75, 3.05) is 47.9 Å². The lowest BCUT2D eigenvalue weighted by Crippen LogP contribution is -2.36. The molecule has 1 aromatic carbocycles. The fourth-order valence-corrected chi connectivity index (χ4v) is 4.20. The fourth-order valence-electron chi connectivity index (χ4n) is 3.15. The number of fused-ring (bicyclic) bond motifs is 1. The van der Waals surface area contributed by atoms with Gasteiger partial charge in [0.05, 0.1) is 24.5 Å².